The van der Waals surface area contributed by atoms with Crippen molar-refractivity contribution in [2.24, 2.45) is 5.41 Å². The molecule has 0 aliphatic carbocycles. The van der Waals surface area contributed by atoms with E-state index in [1.807, 2.05) is 24.0 Å². The van der Waals surface area contributed by atoms with E-state index in [4.69, 9.17) is 27.9 Å². The number of nitrogens with zero attached hydrogens (tertiary/aromatic N) is 2. The molecule has 1 atom stereocenters. The number of ether oxygens (including phenoxy) is 1. The molecule has 2 heterocycles. The number of aryl methyl sites for hydroxylation is 1. The maximum Gasteiger partial charge on any atom is 0.223 e. The van der Waals surface area contributed by atoms with Gasteiger partial charge in [0.2, 0.25) is 15.9 Å². The zero-order chi connectivity index (χ0) is 25.8. The van der Waals surface area contributed by atoms with Gasteiger partial charge in [0.05, 0.1) is 12.4 Å². The molecule has 0 spiro atoms. The number of likely N-dealkylation sites (tertiary alicyclic amines) is 1. The van der Waals surface area contributed by atoms with Crippen LogP contribution in [0.5, 0.6) is 5.75 Å². The zero-order valence-corrected chi connectivity index (χ0v) is 23.0. The predicted octanol–water partition coefficient (Wildman–Crippen LogP) is 5.70. The number of hydrogen-bond donors (Lipinski definition) is 0. The van der Waals surface area contributed by atoms with E-state index in [0.29, 0.717) is 34.3 Å². The number of hydrogen-bond acceptors (Lipinski definition) is 4. The fourth-order valence-corrected chi connectivity index (χ4v) is 7.03. The summed E-state index contributed by atoms with van der Waals surface area (Å²) >= 11 is 12.1. The Kier molecular flexibility index (Phi) is 8.87. The van der Waals surface area contributed by atoms with Crippen LogP contribution in [0.1, 0.15) is 49.7 Å². The summed E-state index contributed by atoms with van der Waals surface area (Å²) in [6.45, 7) is 4.41. The standard InChI is InChI=1S/C27H34Cl2N2O4S/c1-21-16-24(10-11-25(21)29)35-20-27(17-26(32)30-13-3-2-4-14-30)12-5-15-31(19-27)36(33,34)18-22-6-8-23(28)9-7-22/h6-11,16H,2-5,12-15,17-20H2,1H3/t27-/m0/s1. The number of rotatable bonds is 8. The van der Waals surface area contributed by atoms with Gasteiger partial charge < -0.3 is 9.64 Å². The van der Waals surface area contributed by atoms with Gasteiger partial charge in [-0.15, -0.1) is 0 Å². The summed E-state index contributed by atoms with van der Waals surface area (Å²) in [6, 6.07) is 12.4. The van der Waals surface area contributed by atoms with Gasteiger partial charge in [-0.05, 0) is 80.5 Å². The molecule has 0 radical (unpaired) electrons. The lowest BCUT2D eigenvalue weighted by molar-refractivity contribution is -0.136. The average molecular weight is 554 g/mol. The third kappa shape index (κ3) is 6.94. The van der Waals surface area contributed by atoms with Crippen LogP contribution in [-0.4, -0.2) is 56.3 Å². The Labute approximate surface area is 224 Å². The molecule has 2 fully saturated rings. The van der Waals surface area contributed by atoms with Crippen LogP contribution in [0.3, 0.4) is 0 Å². The second-order valence-corrected chi connectivity index (χ2v) is 13.0. The van der Waals surface area contributed by atoms with Gasteiger partial charge in [-0.2, -0.15) is 0 Å². The van der Waals surface area contributed by atoms with Crippen LogP contribution in [0.15, 0.2) is 42.5 Å². The van der Waals surface area contributed by atoms with Crippen LogP contribution in [0.25, 0.3) is 0 Å². The Morgan fingerprint density at radius 2 is 1.72 bits per heavy atom. The topological polar surface area (TPSA) is 66.9 Å². The molecule has 2 aromatic rings. The van der Waals surface area contributed by atoms with Crippen LogP contribution in [0, 0.1) is 12.3 Å². The molecule has 2 aliphatic heterocycles. The lowest BCUT2D eigenvalue weighted by Crippen LogP contribution is -2.51. The van der Waals surface area contributed by atoms with E-state index in [0.717, 1.165) is 44.3 Å². The van der Waals surface area contributed by atoms with E-state index < -0.39 is 15.4 Å². The Morgan fingerprint density at radius 1 is 1.00 bits per heavy atom. The first-order chi connectivity index (χ1) is 17.2. The highest BCUT2D eigenvalue weighted by atomic mass is 35.5. The van der Waals surface area contributed by atoms with Crippen LogP contribution in [0.2, 0.25) is 10.0 Å². The van der Waals surface area contributed by atoms with Crippen LogP contribution in [-0.2, 0) is 20.6 Å². The van der Waals surface area contributed by atoms with Crippen LogP contribution >= 0.6 is 23.2 Å². The van der Waals surface area contributed by atoms with E-state index in [1.165, 1.54) is 0 Å². The van der Waals surface area contributed by atoms with Gasteiger partial charge >= 0.3 is 0 Å². The van der Waals surface area contributed by atoms with Crippen molar-refractivity contribution in [3.8, 4) is 5.75 Å². The highest BCUT2D eigenvalue weighted by Crippen LogP contribution is 2.37. The van der Waals surface area contributed by atoms with Crippen molar-refractivity contribution >= 4 is 39.1 Å². The molecular weight excluding hydrogens is 519 g/mol. The SMILES string of the molecule is Cc1cc(OC[C@]2(CC(=O)N3CCCCC3)CCCN(S(=O)(=O)Cc3ccc(Cl)cc3)C2)ccc1Cl. The second-order valence-electron chi connectivity index (χ2n) is 10.1. The average Bonchev–Trinajstić information content (AvgIpc) is 2.87. The van der Waals surface area contributed by atoms with Crippen molar-refractivity contribution in [1.82, 2.24) is 9.21 Å². The Balaban J connectivity index is 1.54. The molecule has 196 valence electrons. The van der Waals surface area contributed by atoms with Gasteiger partial charge in [-0.25, -0.2) is 12.7 Å². The van der Waals surface area contributed by atoms with Gasteiger partial charge in [0.25, 0.3) is 0 Å². The van der Waals surface area contributed by atoms with E-state index in [2.05, 4.69) is 0 Å². The number of amides is 1. The summed E-state index contributed by atoms with van der Waals surface area (Å²) in [5.41, 5.74) is 0.990. The second kappa shape index (κ2) is 11.7. The minimum Gasteiger partial charge on any atom is -0.493 e. The molecule has 36 heavy (non-hydrogen) atoms. The molecule has 0 bridgehead atoms. The molecule has 0 saturated carbocycles. The monoisotopic (exact) mass is 552 g/mol. The van der Waals surface area contributed by atoms with E-state index in [-0.39, 0.29) is 31.2 Å². The number of carbonyl (C=O) groups excluding carboxylic acids is 1. The predicted molar refractivity (Wildman–Crippen MR) is 144 cm³/mol. The number of carbonyl (C=O) groups is 1. The molecule has 0 N–H and O–H groups in total. The molecule has 0 unspecified atom stereocenters. The number of benzene rings is 2. The zero-order valence-electron chi connectivity index (χ0n) is 20.7. The normalized spacial score (nSPS) is 21.4. The van der Waals surface area contributed by atoms with Crippen molar-refractivity contribution < 1.29 is 17.9 Å². The molecule has 2 saturated heterocycles. The molecule has 0 aromatic heterocycles. The van der Waals surface area contributed by atoms with Crippen LogP contribution < -0.4 is 4.74 Å². The summed E-state index contributed by atoms with van der Waals surface area (Å²) < 4.78 is 34.6. The highest BCUT2D eigenvalue weighted by molar-refractivity contribution is 7.88. The fraction of sp³-hybridized carbons (Fsp3) is 0.519. The molecule has 6 nitrogen and oxygen atoms in total. The van der Waals surface area contributed by atoms with Crippen LogP contribution in [0.4, 0.5) is 0 Å². The maximum absolute atomic E-state index is 13.4. The maximum atomic E-state index is 13.4. The summed E-state index contributed by atoms with van der Waals surface area (Å²) in [4.78, 5) is 15.3. The fourth-order valence-electron chi connectivity index (χ4n) is 5.12. The van der Waals surface area contributed by atoms with Crippen molar-refractivity contribution in [1.29, 1.82) is 0 Å². The minimum absolute atomic E-state index is 0.0857. The molecule has 4 rings (SSSR count). The van der Waals surface area contributed by atoms with Crippen molar-refractivity contribution in [3.63, 3.8) is 0 Å². The molecule has 2 aliphatic rings. The third-order valence-corrected chi connectivity index (χ3v) is 9.66. The third-order valence-electron chi connectivity index (χ3n) is 7.19. The van der Waals surface area contributed by atoms with Crippen molar-refractivity contribution in [3.05, 3.63) is 63.6 Å². The summed E-state index contributed by atoms with van der Waals surface area (Å²) in [7, 11) is -3.58. The lowest BCUT2D eigenvalue weighted by atomic mass is 9.78. The van der Waals surface area contributed by atoms with E-state index in [9.17, 15) is 13.2 Å². The molecule has 1 amide bonds. The van der Waals surface area contributed by atoms with Gasteiger partial charge in [0, 0.05) is 48.1 Å². The Morgan fingerprint density at radius 3 is 2.42 bits per heavy atom. The van der Waals surface area contributed by atoms with Gasteiger partial charge in [0.15, 0.2) is 0 Å². The van der Waals surface area contributed by atoms with E-state index in [1.54, 1.807) is 34.6 Å². The first kappa shape index (κ1) is 27.2. The van der Waals surface area contributed by atoms with Gasteiger partial charge in [-0.3, -0.25) is 4.79 Å². The highest BCUT2D eigenvalue weighted by Gasteiger charge is 2.42. The minimum atomic E-state index is -3.58. The molecule has 2 aromatic carbocycles. The quantitative estimate of drug-likeness (QED) is 0.421. The smallest absolute Gasteiger partial charge is 0.223 e. The first-order valence-electron chi connectivity index (χ1n) is 12.5. The van der Waals surface area contributed by atoms with Crippen molar-refractivity contribution in [2.45, 2.75) is 51.2 Å². The summed E-state index contributed by atoms with van der Waals surface area (Å²) in [5.74, 6) is 0.655. The van der Waals surface area contributed by atoms with Gasteiger partial charge in [0.1, 0.15) is 5.75 Å². The largest absolute Gasteiger partial charge is 0.493 e. The Bertz CT molecular complexity index is 1170. The van der Waals surface area contributed by atoms with Crippen molar-refractivity contribution in [2.75, 3.05) is 32.8 Å². The Hall–Kier alpha value is -1.80. The molecular formula is C27H34Cl2N2O4S. The summed E-state index contributed by atoms with van der Waals surface area (Å²) in [6.07, 6.45) is 4.85. The molecule has 9 heteroatoms. The number of piperidine rings is 2. The number of sulfonamides is 1. The van der Waals surface area contributed by atoms with Gasteiger partial charge in [-0.1, -0.05) is 35.3 Å². The summed E-state index contributed by atoms with van der Waals surface area (Å²) in [5, 5.41) is 1.23. The first-order valence-corrected chi connectivity index (χ1v) is 14.9. The lowest BCUT2D eigenvalue weighted by Gasteiger charge is -2.42. The van der Waals surface area contributed by atoms with E-state index >= 15 is 0 Å². The number of halogens is 2.